The second kappa shape index (κ2) is 5.94. The van der Waals surface area contributed by atoms with Crippen LogP contribution in [0, 0.1) is 0 Å². The topological polar surface area (TPSA) is 122 Å². The third-order valence-electron chi connectivity index (χ3n) is 2.86. The number of aliphatic hydroxyl groups is 1. The minimum absolute atomic E-state index is 0.0328. The molecule has 0 aromatic carbocycles. The molecule has 0 spiro atoms. The number of β-amino-alcohol motifs (C(OH)–C–C–N with tert-alkyl or cyclic N) is 1. The maximum atomic E-state index is 12.2. The Balaban J connectivity index is 2.80. The van der Waals surface area contributed by atoms with Crippen molar-refractivity contribution in [2.45, 2.75) is 25.0 Å². The van der Waals surface area contributed by atoms with Gasteiger partial charge >= 0.3 is 0 Å². The number of ether oxygens (including phenoxy) is 1. The van der Waals surface area contributed by atoms with E-state index in [1.165, 1.54) is 4.90 Å². The van der Waals surface area contributed by atoms with E-state index in [2.05, 4.69) is 4.72 Å². The van der Waals surface area contributed by atoms with Crippen molar-refractivity contribution < 1.29 is 23.1 Å². The molecule has 0 radical (unpaired) electrons. The van der Waals surface area contributed by atoms with E-state index in [4.69, 9.17) is 10.5 Å². The highest BCUT2D eigenvalue weighted by molar-refractivity contribution is 7.88. The molecule has 4 N–H and O–H groups in total. The summed E-state index contributed by atoms with van der Waals surface area (Å²) < 4.78 is 29.7. The van der Waals surface area contributed by atoms with E-state index < -0.39 is 21.2 Å². The molecule has 9 heteroatoms. The van der Waals surface area contributed by atoms with E-state index in [0.29, 0.717) is 6.54 Å². The van der Waals surface area contributed by atoms with Gasteiger partial charge in [-0.15, -0.1) is 0 Å². The Hall–Kier alpha value is -0.740. The van der Waals surface area contributed by atoms with Crippen LogP contribution in [0.4, 0.5) is 0 Å². The molecule has 1 unspecified atom stereocenters. The highest BCUT2D eigenvalue weighted by atomic mass is 32.2. The van der Waals surface area contributed by atoms with Crippen molar-refractivity contribution in [3.05, 3.63) is 0 Å². The Labute approximate surface area is 119 Å². The summed E-state index contributed by atoms with van der Waals surface area (Å²) in [6, 6.07) is 0. The molecule has 1 heterocycles. The average Bonchev–Trinajstić information content (AvgIpc) is 2.46. The molecule has 1 rings (SSSR count). The molecule has 0 saturated carbocycles. The number of hydrogen-bond acceptors (Lipinski definition) is 6. The smallest absolute Gasteiger partial charge is 0.242 e. The Morgan fingerprint density at radius 1 is 1.55 bits per heavy atom. The van der Waals surface area contributed by atoms with E-state index >= 15 is 0 Å². The zero-order valence-corrected chi connectivity index (χ0v) is 12.9. The number of nitrogens with one attached hydrogen (secondary N) is 1. The van der Waals surface area contributed by atoms with Gasteiger partial charge in [-0.05, 0) is 13.8 Å². The maximum absolute atomic E-state index is 12.2. The van der Waals surface area contributed by atoms with Crippen LogP contribution in [0.25, 0.3) is 0 Å². The summed E-state index contributed by atoms with van der Waals surface area (Å²) in [6.07, 6.45) is 1.000. The molecule has 0 bridgehead atoms. The first kappa shape index (κ1) is 17.3. The standard InChI is InChI=1S/C11H23N3O5S/c1-10(2,12)9(15)14-4-5-19-8-11(16,7-14)6-13-20(3,17)18/h13,16H,4-8,12H2,1-3H3. The number of rotatable bonds is 4. The lowest BCUT2D eigenvalue weighted by atomic mass is 10.0. The van der Waals surface area contributed by atoms with Gasteiger partial charge in [-0.25, -0.2) is 13.1 Å². The van der Waals surface area contributed by atoms with Crippen LogP contribution >= 0.6 is 0 Å². The summed E-state index contributed by atoms with van der Waals surface area (Å²) in [4.78, 5) is 13.6. The summed E-state index contributed by atoms with van der Waals surface area (Å²) in [6.45, 7) is 3.42. The quantitative estimate of drug-likeness (QED) is 0.545. The number of nitrogens with zero attached hydrogens (tertiary/aromatic N) is 1. The van der Waals surface area contributed by atoms with Gasteiger partial charge in [0.2, 0.25) is 15.9 Å². The summed E-state index contributed by atoms with van der Waals surface area (Å²) in [5, 5.41) is 10.4. The lowest BCUT2D eigenvalue weighted by Crippen LogP contribution is -2.58. The fourth-order valence-electron chi connectivity index (χ4n) is 1.87. The van der Waals surface area contributed by atoms with Crippen molar-refractivity contribution in [1.29, 1.82) is 0 Å². The Morgan fingerprint density at radius 3 is 2.65 bits per heavy atom. The maximum Gasteiger partial charge on any atom is 0.242 e. The van der Waals surface area contributed by atoms with Gasteiger partial charge in [-0.1, -0.05) is 0 Å². The van der Waals surface area contributed by atoms with Crippen molar-refractivity contribution in [1.82, 2.24) is 9.62 Å². The highest BCUT2D eigenvalue weighted by Crippen LogP contribution is 2.15. The molecule has 1 atom stereocenters. The molecule has 1 aliphatic rings. The first-order valence-electron chi connectivity index (χ1n) is 6.26. The molecule has 0 aromatic heterocycles. The molecular formula is C11H23N3O5S. The second-order valence-electron chi connectivity index (χ2n) is 5.82. The summed E-state index contributed by atoms with van der Waals surface area (Å²) >= 11 is 0. The SMILES string of the molecule is CC(C)(N)C(=O)N1CCOCC(O)(CNS(C)(=O)=O)C1. The molecule has 8 nitrogen and oxygen atoms in total. The van der Waals surface area contributed by atoms with E-state index in [1.807, 2.05) is 0 Å². The zero-order chi connectivity index (χ0) is 15.6. The van der Waals surface area contributed by atoms with Gasteiger partial charge < -0.3 is 20.5 Å². The van der Waals surface area contributed by atoms with Gasteiger partial charge in [0, 0.05) is 13.1 Å². The fraction of sp³-hybridized carbons (Fsp3) is 0.909. The molecule has 1 amide bonds. The number of amides is 1. The van der Waals surface area contributed by atoms with Gasteiger partial charge in [-0.3, -0.25) is 4.79 Å². The molecule has 0 aliphatic carbocycles. The van der Waals surface area contributed by atoms with Gasteiger partial charge in [0.25, 0.3) is 0 Å². The molecule has 1 aliphatic heterocycles. The Morgan fingerprint density at radius 2 is 2.15 bits per heavy atom. The highest BCUT2D eigenvalue weighted by Gasteiger charge is 2.38. The van der Waals surface area contributed by atoms with Crippen molar-refractivity contribution >= 4 is 15.9 Å². The van der Waals surface area contributed by atoms with E-state index in [1.54, 1.807) is 13.8 Å². The largest absolute Gasteiger partial charge is 0.384 e. The Kier molecular flexibility index (Phi) is 5.14. The first-order chi connectivity index (χ1) is 8.93. The summed E-state index contributed by atoms with van der Waals surface area (Å²) in [7, 11) is -3.43. The van der Waals surface area contributed by atoms with Crippen molar-refractivity contribution in [2.75, 3.05) is 39.1 Å². The molecule has 20 heavy (non-hydrogen) atoms. The van der Waals surface area contributed by atoms with Gasteiger partial charge in [-0.2, -0.15) is 0 Å². The number of hydrogen-bond donors (Lipinski definition) is 3. The average molecular weight is 309 g/mol. The minimum Gasteiger partial charge on any atom is -0.384 e. The zero-order valence-electron chi connectivity index (χ0n) is 12.0. The monoisotopic (exact) mass is 309 g/mol. The first-order valence-corrected chi connectivity index (χ1v) is 8.15. The third kappa shape index (κ3) is 5.33. The fourth-order valence-corrected chi connectivity index (χ4v) is 2.40. The van der Waals surface area contributed by atoms with Crippen molar-refractivity contribution in [3.63, 3.8) is 0 Å². The lowest BCUT2D eigenvalue weighted by molar-refractivity contribution is -0.138. The van der Waals surface area contributed by atoms with Crippen LogP contribution in [0.5, 0.6) is 0 Å². The van der Waals surface area contributed by atoms with Crippen LogP contribution < -0.4 is 10.5 Å². The van der Waals surface area contributed by atoms with E-state index in [0.717, 1.165) is 6.26 Å². The molecule has 0 aromatic rings. The van der Waals surface area contributed by atoms with Crippen LogP contribution in [0.3, 0.4) is 0 Å². The van der Waals surface area contributed by atoms with Crippen LogP contribution in [0.2, 0.25) is 0 Å². The second-order valence-corrected chi connectivity index (χ2v) is 7.65. The number of carbonyl (C=O) groups excluding carboxylic acids is 1. The predicted molar refractivity (Wildman–Crippen MR) is 73.5 cm³/mol. The van der Waals surface area contributed by atoms with Crippen LogP contribution in [-0.2, 0) is 19.6 Å². The van der Waals surface area contributed by atoms with Gasteiger partial charge in [0.1, 0.15) is 5.60 Å². The third-order valence-corrected chi connectivity index (χ3v) is 3.53. The van der Waals surface area contributed by atoms with Crippen molar-refractivity contribution in [3.8, 4) is 0 Å². The normalized spacial score (nSPS) is 25.4. The van der Waals surface area contributed by atoms with Crippen LogP contribution in [-0.4, -0.2) is 74.6 Å². The van der Waals surface area contributed by atoms with Crippen molar-refractivity contribution in [2.24, 2.45) is 5.73 Å². The lowest BCUT2D eigenvalue weighted by Gasteiger charge is -2.33. The van der Waals surface area contributed by atoms with Crippen LogP contribution in [0.15, 0.2) is 0 Å². The predicted octanol–water partition coefficient (Wildman–Crippen LogP) is -2.14. The number of nitrogens with two attached hydrogens (primary N) is 1. The Bertz CT molecular complexity index is 459. The molecule has 1 fully saturated rings. The van der Waals surface area contributed by atoms with E-state index in [-0.39, 0.29) is 32.2 Å². The summed E-state index contributed by atoms with van der Waals surface area (Å²) in [5.41, 5.74) is 3.24. The molecular weight excluding hydrogens is 286 g/mol. The van der Waals surface area contributed by atoms with Crippen LogP contribution in [0.1, 0.15) is 13.8 Å². The minimum atomic E-state index is -3.43. The van der Waals surface area contributed by atoms with Gasteiger partial charge in [0.15, 0.2) is 0 Å². The summed E-state index contributed by atoms with van der Waals surface area (Å²) in [5.74, 6) is -0.319. The molecule has 118 valence electrons. The number of carbonyl (C=O) groups is 1. The van der Waals surface area contributed by atoms with Gasteiger partial charge in [0.05, 0.1) is 31.6 Å². The van der Waals surface area contributed by atoms with E-state index in [9.17, 15) is 18.3 Å². The number of sulfonamides is 1. The molecule has 1 saturated heterocycles.